The topological polar surface area (TPSA) is 57.6 Å². The number of hydrogen-bond donors (Lipinski definition) is 1. The van der Waals surface area contributed by atoms with Gasteiger partial charge in [-0.1, -0.05) is 60.4 Å². The minimum absolute atomic E-state index is 0.0286. The van der Waals surface area contributed by atoms with Crippen molar-refractivity contribution in [3.63, 3.8) is 0 Å². The van der Waals surface area contributed by atoms with E-state index < -0.39 is 5.97 Å². The fourth-order valence-corrected chi connectivity index (χ4v) is 3.84. The molecule has 0 unspecified atom stereocenters. The summed E-state index contributed by atoms with van der Waals surface area (Å²) in [4.78, 5) is 25.1. The highest BCUT2D eigenvalue weighted by Crippen LogP contribution is 2.33. The third-order valence-electron chi connectivity index (χ3n) is 3.72. The lowest BCUT2D eigenvalue weighted by molar-refractivity contribution is -0.137. The van der Waals surface area contributed by atoms with Gasteiger partial charge in [-0.2, -0.15) is 0 Å². The van der Waals surface area contributed by atoms with E-state index in [4.69, 9.17) is 17.3 Å². The van der Waals surface area contributed by atoms with E-state index >= 15 is 0 Å². The first-order chi connectivity index (χ1) is 11.5. The summed E-state index contributed by atoms with van der Waals surface area (Å²) in [5.41, 5.74) is 0.944. The molecule has 1 fully saturated rings. The summed E-state index contributed by atoms with van der Waals surface area (Å²) in [6.07, 6.45) is 2.26. The molecule has 1 amide bonds. The van der Waals surface area contributed by atoms with Crippen LogP contribution in [0.5, 0.6) is 0 Å². The molecule has 1 aliphatic heterocycles. The first-order valence-electron chi connectivity index (χ1n) is 7.50. The molecule has 24 heavy (non-hydrogen) atoms. The molecule has 1 saturated heterocycles. The van der Waals surface area contributed by atoms with Gasteiger partial charge in [0.15, 0.2) is 0 Å². The van der Waals surface area contributed by atoms with Crippen LogP contribution < -0.4 is 0 Å². The quantitative estimate of drug-likeness (QED) is 0.649. The van der Waals surface area contributed by atoms with E-state index in [1.165, 1.54) is 16.7 Å². The molecule has 6 heteroatoms. The van der Waals surface area contributed by atoms with Crippen LogP contribution in [0.15, 0.2) is 47.4 Å². The summed E-state index contributed by atoms with van der Waals surface area (Å²) in [6.45, 7) is 0.339. The number of fused-ring (bicyclic) bond motifs is 1. The SMILES string of the molecule is O=C(O)CCCN1C(=O)C(=Cc2ccc3ccccc3c2)SC1=S. The number of carboxylic acid groups (broad SMARTS) is 1. The van der Waals surface area contributed by atoms with Crippen molar-refractivity contribution in [3.05, 3.63) is 52.9 Å². The number of amides is 1. The largest absolute Gasteiger partial charge is 0.481 e. The molecule has 2 aromatic carbocycles. The Labute approximate surface area is 149 Å². The third-order valence-corrected chi connectivity index (χ3v) is 5.10. The van der Waals surface area contributed by atoms with Crippen molar-refractivity contribution in [1.82, 2.24) is 4.90 Å². The summed E-state index contributed by atoms with van der Waals surface area (Å²) in [6, 6.07) is 14.1. The second kappa shape index (κ2) is 7.15. The van der Waals surface area contributed by atoms with Crippen molar-refractivity contribution in [2.45, 2.75) is 12.8 Å². The van der Waals surface area contributed by atoms with Crippen molar-refractivity contribution >= 4 is 57.0 Å². The molecule has 0 saturated carbocycles. The maximum atomic E-state index is 12.5. The summed E-state index contributed by atoms with van der Waals surface area (Å²) in [5.74, 6) is -1.02. The average molecular weight is 357 g/mol. The molecule has 0 aliphatic carbocycles. The summed E-state index contributed by atoms with van der Waals surface area (Å²) < 4.78 is 0.484. The summed E-state index contributed by atoms with van der Waals surface area (Å²) in [7, 11) is 0. The fraction of sp³-hybridized carbons (Fsp3) is 0.167. The Morgan fingerprint density at radius 3 is 2.71 bits per heavy atom. The van der Waals surface area contributed by atoms with Crippen LogP contribution in [0.4, 0.5) is 0 Å². The lowest BCUT2D eigenvalue weighted by Gasteiger charge is -2.13. The second-order valence-electron chi connectivity index (χ2n) is 5.44. The number of benzene rings is 2. The maximum Gasteiger partial charge on any atom is 0.303 e. The molecule has 1 heterocycles. The molecule has 2 aromatic rings. The second-order valence-corrected chi connectivity index (χ2v) is 7.11. The van der Waals surface area contributed by atoms with Gasteiger partial charge in [-0.3, -0.25) is 14.5 Å². The minimum Gasteiger partial charge on any atom is -0.481 e. The smallest absolute Gasteiger partial charge is 0.303 e. The molecule has 1 N–H and O–H groups in total. The Hall–Kier alpha value is -2.18. The molecule has 0 aromatic heterocycles. The average Bonchev–Trinajstić information content (AvgIpc) is 2.82. The zero-order valence-corrected chi connectivity index (χ0v) is 14.4. The van der Waals surface area contributed by atoms with Crippen molar-refractivity contribution in [1.29, 1.82) is 0 Å². The molecule has 0 bridgehead atoms. The van der Waals surface area contributed by atoms with Crippen molar-refractivity contribution in [2.75, 3.05) is 6.54 Å². The Morgan fingerprint density at radius 2 is 1.96 bits per heavy atom. The van der Waals surface area contributed by atoms with Gasteiger partial charge in [0.2, 0.25) is 0 Å². The van der Waals surface area contributed by atoms with Gasteiger partial charge in [0.25, 0.3) is 5.91 Å². The van der Waals surface area contributed by atoms with Crippen LogP contribution >= 0.6 is 24.0 Å². The van der Waals surface area contributed by atoms with Crippen molar-refractivity contribution in [3.8, 4) is 0 Å². The Kier molecular flexibility index (Phi) is 4.97. The standard InChI is InChI=1S/C18H15NO3S2/c20-16(21)6-3-9-19-17(22)15(24-18(19)23)11-12-7-8-13-4-1-2-5-14(13)10-12/h1-2,4-5,7-8,10-11H,3,6,9H2,(H,20,21). The van der Waals surface area contributed by atoms with E-state index in [0.717, 1.165) is 16.3 Å². The van der Waals surface area contributed by atoms with Gasteiger partial charge in [-0.15, -0.1) is 0 Å². The van der Waals surface area contributed by atoms with Gasteiger partial charge in [0, 0.05) is 13.0 Å². The lowest BCUT2D eigenvalue weighted by atomic mass is 10.1. The zero-order valence-electron chi connectivity index (χ0n) is 12.8. The number of carbonyl (C=O) groups excluding carboxylic acids is 1. The molecule has 1 aliphatic rings. The monoisotopic (exact) mass is 357 g/mol. The molecular weight excluding hydrogens is 342 g/mol. The van der Waals surface area contributed by atoms with Crippen LogP contribution in [0, 0.1) is 0 Å². The molecule has 3 rings (SSSR count). The highest BCUT2D eigenvalue weighted by Gasteiger charge is 2.31. The Bertz CT molecular complexity index is 860. The molecule has 122 valence electrons. The lowest BCUT2D eigenvalue weighted by Crippen LogP contribution is -2.29. The van der Waals surface area contributed by atoms with E-state index in [-0.39, 0.29) is 12.3 Å². The van der Waals surface area contributed by atoms with Gasteiger partial charge >= 0.3 is 5.97 Å². The van der Waals surface area contributed by atoms with E-state index in [0.29, 0.717) is 22.2 Å². The van der Waals surface area contributed by atoms with Crippen LogP contribution in [0.3, 0.4) is 0 Å². The van der Waals surface area contributed by atoms with E-state index in [9.17, 15) is 9.59 Å². The number of nitrogens with zero attached hydrogens (tertiary/aromatic N) is 1. The number of thioether (sulfide) groups is 1. The maximum absolute atomic E-state index is 12.5. The first-order valence-corrected chi connectivity index (χ1v) is 8.73. The zero-order chi connectivity index (χ0) is 17.1. The molecule has 0 spiro atoms. The normalized spacial score (nSPS) is 16.3. The molecule has 0 atom stereocenters. The number of rotatable bonds is 5. The van der Waals surface area contributed by atoms with E-state index in [2.05, 4.69) is 0 Å². The predicted octanol–water partition coefficient (Wildman–Crippen LogP) is 3.91. The number of carboxylic acids is 1. The van der Waals surface area contributed by atoms with Crippen LogP contribution in [0.25, 0.3) is 16.8 Å². The van der Waals surface area contributed by atoms with Crippen LogP contribution in [0.2, 0.25) is 0 Å². The van der Waals surface area contributed by atoms with Gasteiger partial charge < -0.3 is 5.11 Å². The first kappa shape index (κ1) is 16.7. The number of carbonyl (C=O) groups is 2. The summed E-state index contributed by atoms with van der Waals surface area (Å²) >= 11 is 6.51. The third kappa shape index (κ3) is 3.66. The minimum atomic E-state index is -0.868. The predicted molar refractivity (Wildman–Crippen MR) is 101 cm³/mol. The molecular formula is C18H15NO3S2. The van der Waals surface area contributed by atoms with Crippen LogP contribution in [0.1, 0.15) is 18.4 Å². The van der Waals surface area contributed by atoms with Crippen LogP contribution in [-0.2, 0) is 9.59 Å². The van der Waals surface area contributed by atoms with E-state index in [1.54, 1.807) is 0 Å². The van der Waals surface area contributed by atoms with Gasteiger partial charge in [0.1, 0.15) is 4.32 Å². The number of thiocarbonyl (C=S) groups is 1. The van der Waals surface area contributed by atoms with Gasteiger partial charge in [-0.05, 0) is 34.9 Å². The Balaban J connectivity index is 1.78. The highest BCUT2D eigenvalue weighted by atomic mass is 32.2. The molecule has 4 nitrogen and oxygen atoms in total. The number of hydrogen-bond acceptors (Lipinski definition) is 4. The fourth-order valence-electron chi connectivity index (χ4n) is 2.53. The number of aliphatic carboxylic acids is 1. The summed E-state index contributed by atoms with van der Waals surface area (Å²) in [5, 5.41) is 11.0. The van der Waals surface area contributed by atoms with Gasteiger partial charge in [-0.25, -0.2) is 0 Å². The molecule has 0 radical (unpaired) electrons. The van der Waals surface area contributed by atoms with Crippen LogP contribution in [-0.4, -0.2) is 32.7 Å². The van der Waals surface area contributed by atoms with Crippen molar-refractivity contribution < 1.29 is 14.7 Å². The Morgan fingerprint density at radius 1 is 1.21 bits per heavy atom. The van der Waals surface area contributed by atoms with E-state index in [1.807, 2.05) is 48.5 Å². The van der Waals surface area contributed by atoms with Crippen molar-refractivity contribution in [2.24, 2.45) is 0 Å². The van der Waals surface area contributed by atoms with Gasteiger partial charge in [0.05, 0.1) is 4.91 Å². The highest BCUT2D eigenvalue weighted by molar-refractivity contribution is 8.26.